The van der Waals surface area contributed by atoms with E-state index in [1.807, 2.05) is 12.1 Å². The molecule has 2 aromatic rings. The number of fused-ring (bicyclic) bond motifs is 1. The highest BCUT2D eigenvalue weighted by Crippen LogP contribution is 2.21. The fourth-order valence-corrected chi connectivity index (χ4v) is 2.46. The smallest absolute Gasteiger partial charge is 0.262 e. The Kier molecular flexibility index (Phi) is 3.95. The van der Waals surface area contributed by atoms with Crippen molar-refractivity contribution in [1.29, 1.82) is 0 Å². The average molecular weight is 279 g/mol. The van der Waals surface area contributed by atoms with Gasteiger partial charge in [0.1, 0.15) is 10.8 Å². The normalized spacial score (nSPS) is 11.7. The van der Waals surface area contributed by atoms with Crippen LogP contribution in [0.15, 0.2) is 23.1 Å². The van der Waals surface area contributed by atoms with E-state index >= 15 is 0 Å². The molecule has 0 bridgehead atoms. The Morgan fingerprint density at radius 1 is 1.32 bits per heavy atom. The molecular formula is C15H19ClN2O. The van der Waals surface area contributed by atoms with Crippen LogP contribution in [0, 0.1) is 5.92 Å². The van der Waals surface area contributed by atoms with Crippen LogP contribution in [-0.2, 0) is 6.42 Å². The molecule has 102 valence electrons. The topological polar surface area (TPSA) is 34.4 Å². The largest absolute Gasteiger partial charge is 0.269 e. The number of hydrogen-bond donors (Lipinski definition) is 0. The molecule has 0 atom stereocenters. The summed E-state index contributed by atoms with van der Waals surface area (Å²) in [7, 11) is 0. The zero-order valence-electron chi connectivity index (χ0n) is 11.8. The van der Waals surface area contributed by atoms with Gasteiger partial charge in [-0.15, -0.1) is 0 Å². The molecule has 0 aromatic carbocycles. The van der Waals surface area contributed by atoms with Crippen LogP contribution >= 0.6 is 11.6 Å². The molecule has 0 fully saturated rings. The number of nitrogens with zero attached hydrogens (tertiary/aromatic N) is 2. The zero-order valence-corrected chi connectivity index (χ0v) is 12.5. The molecule has 2 rings (SSSR count). The van der Waals surface area contributed by atoms with Gasteiger partial charge in [0.05, 0.1) is 5.56 Å². The van der Waals surface area contributed by atoms with Crippen molar-refractivity contribution >= 4 is 17.2 Å². The van der Waals surface area contributed by atoms with Gasteiger partial charge < -0.3 is 0 Å². The van der Waals surface area contributed by atoms with Crippen molar-refractivity contribution in [3.05, 3.63) is 45.0 Å². The minimum atomic E-state index is -0.0498. The maximum atomic E-state index is 12.5. The van der Waals surface area contributed by atoms with Crippen molar-refractivity contribution < 1.29 is 0 Å². The van der Waals surface area contributed by atoms with Crippen molar-refractivity contribution in [2.24, 2.45) is 5.92 Å². The molecule has 2 aromatic heterocycles. The highest BCUT2D eigenvalue weighted by atomic mass is 35.5. The first-order valence-electron chi connectivity index (χ1n) is 6.61. The SMILES string of the molecule is CC(C)Cc1c(Cl)nc2c(C(C)C)cccn2c1=O. The van der Waals surface area contributed by atoms with Crippen LogP contribution in [0.5, 0.6) is 0 Å². The Bertz CT molecular complexity index is 659. The summed E-state index contributed by atoms with van der Waals surface area (Å²) in [4.78, 5) is 16.9. The van der Waals surface area contributed by atoms with E-state index < -0.39 is 0 Å². The van der Waals surface area contributed by atoms with E-state index in [1.165, 1.54) is 0 Å². The molecule has 0 aliphatic carbocycles. The Morgan fingerprint density at radius 3 is 2.58 bits per heavy atom. The van der Waals surface area contributed by atoms with E-state index in [4.69, 9.17) is 11.6 Å². The lowest BCUT2D eigenvalue weighted by Crippen LogP contribution is -2.22. The Morgan fingerprint density at radius 2 is 2.00 bits per heavy atom. The van der Waals surface area contributed by atoms with Gasteiger partial charge in [0, 0.05) is 6.20 Å². The first-order chi connectivity index (χ1) is 8.91. The van der Waals surface area contributed by atoms with Gasteiger partial charge in [0.25, 0.3) is 5.56 Å². The maximum Gasteiger partial charge on any atom is 0.262 e. The first-order valence-corrected chi connectivity index (χ1v) is 6.99. The Hall–Kier alpha value is -1.35. The monoisotopic (exact) mass is 278 g/mol. The van der Waals surface area contributed by atoms with Crippen LogP contribution in [0.3, 0.4) is 0 Å². The van der Waals surface area contributed by atoms with Crippen LogP contribution < -0.4 is 5.56 Å². The average Bonchev–Trinajstić information content (AvgIpc) is 2.33. The first kappa shape index (κ1) is 14.1. The fourth-order valence-electron chi connectivity index (χ4n) is 2.22. The summed E-state index contributed by atoms with van der Waals surface area (Å²) in [5, 5.41) is 0.340. The molecule has 0 aliphatic heterocycles. The molecule has 0 spiro atoms. The third-order valence-electron chi connectivity index (χ3n) is 3.16. The Labute approximate surface area is 118 Å². The standard InChI is InChI=1S/C15H19ClN2O/c1-9(2)8-12-13(16)17-14-11(10(3)4)6-5-7-18(14)15(12)19/h5-7,9-10H,8H2,1-4H3. The molecule has 0 unspecified atom stereocenters. The number of pyridine rings is 1. The summed E-state index contributed by atoms with van der Waals surface area (Å²) < 4.78 is 1.61. The van der Waals surface area contributed by atoms with Crippen molar-refractivity contribution in [3.63, 3.8) is 0 Å². The summed E-state index contributed by atoms with van der Waals surface area (Å²) >= 11 is 6.20. The second-order valence-corrected chi connectivity index (χ2v) is 5.95. The predicted octanol–water partition coefficient (Wildman–Crippen LogP) is 3.67. The maximum absolute atomic E-state index is 12.5. The van der Waals surface area contributed by atoms with E-state index in [1.54, 1.807) is 10.6 Å². The van der Waals surface area contributed by atoms with Crippen molar-refractivity contribution in [3.8, 4) is 0 Å². The van der Waals surface area contributed by atoms with Crippen molar-refractivity contribution in [2.75, 3.05) is 0 Å². The van der Waals surface area contributed by atoms with E-state index in [0.717, 1.165) is 5.56 Å². The van der Waals surface area contributed by atoms with Gasteiger partial charge in [-0.05, 0) is 29.9 Å². The minimum absolute atomic E-state index is 0.0498. The summed E-state index contributed by atoms with van der Waals surface area (Å²) in [6.07, 6.45) is 2.41. The van der Waals surface area contributed by atoms with Crippen molar-refractivity contribution in [1.82, 2.24) is 9.38 Å². The van der Waals surface area contributed by atoms with Crippen LogP contribution in [0.25, 0.3) is 5.65 Å². The Balaban J connectivity index is 2.76. The van der Waals surface area contributed by atoms with Crippen LogP contribution in [0.2, 0.25) is 5.15 Å². The number of aromatic nitrogens is 2. The van der Waals surface area contributed by atoms with E-state index in [2.05, 4.69) is 32.7 Å². The third kappa shape index (κ3) is 2.66. The third-order valence-corrected chi connectivity index (χ3v) is 3.47. The molecule has 0 N–H and O–H groups in total. The van der Waals surface area contributed by atoms with E-state index in [-0.39, 0.29) is 5.56 Å². The quantitative estimate of drug-likeness (QED) is 0.803. The number of halogens is 1. The lowest BCUT2D eigenvalue weighted by Gasteiger charge is -2.13. The lowest BCUT2D eigenvalue weighted by atomic mass is 10.0. The highest BCUT2D eigenvalue weighted by molar-refractivity contribution is 6.30. The summed E-state index contributed by atoms with van der Waals surface area (Å²) in [6, 6.07) is 3.88. The second kappa shape index (κ2) is 5.33. The molecule has 2 heterocycles. The van der Waals surface area contributed by atoms with Gasteiger partial charge >= 0.3 is 0 Å². The lowest BCUT2D eigenvalue weighted by molar-refractivity contribution is 0.638. The van der Waals surface area contributed by atoms with Gasteiger partial charge in [-0.25, -0.2) is 4.98 Å². The second-order valence-electron chi connectivity index (χ2n) is 5.60. The highest BCUT2D eigenvalue weighted by Gasteiger charge is 2.15. The molecule has 0 saturated carbocycles. The molecule has 19 heavy (non-hydrogen) atoms. The van der Waals surface area contributed by atoms with Gasteiger partial charge in [0.2, 0.25) is 0 Å². The van der Waals surface area contributed by atoms with Crippen molar-refractivity contribution in [2.45, 2.75) is 40.0 Å². The van der Waals surface area contributed by atoms with Crippen LogP contribution in [0.4, 0.5) is 0 Å². The number of hydrogen-bond acceptors (Lipinski definition) is 2. The van der Waals surface area contributed by atoms with Gasteiger partial charge in [-0.2, -0.15) is 0 Å². The molecule has 0 aliphatic rings. The summed E-state index contributed by atoms with van der Waals surface area (Å²) in [6.45, 7) is 8.29. The van der Waals surface area contributed by atoms with Crippen LogP contribution in [-0.4, -0.2) is 9.38 Å². The molecule has 0 radical (unpaired) electrons. The van der Waals surface area contributed by atoms with E-state index in [0.29, 0.717) is 34.6 Å². The number of rotatable bonds is 3. The summed E-state index contributed by atoms with van der Waals surface area (Å²) in [5.41, 5.74) is 2.26. The molecule has 0 amide bonds. The van der Waals surface area contributed by atoms with Crippen LogP contribution in [0.1, 0.15) is 44.7 Å². The molecule has 3 nitrogen and oxygen atoms in total. The zero-order chi connectivity index (χ0) is 14.2. The van der Waals surface area contributed by atoms with Gasteiger partial charge in [-0.1, -0.05) is 45.4 Å². The molecular weight excluding hydrogens is 260 g/mol. The minimum Gasteiger partial charge on any atom is -0.269 e. The van der Waals surface area contributed by atoms with E-state index in [9.17, 15) is 4.79 Å². The molecule has 4 heteroatoms. The van der Waals surface area contributed by atoms with Gasteiger partial charge in [0.15, 0.2) is 0 Å². The fraction of sp³-hybridized carbons (Fsp3) is 0.467. The van der Waals surface area contributed by atoms with Gasteiger partial charge in [-0.3, -0.25) is 9.20 Å². The summed E-state index contributed by atoms with van der Waals surface area (Å²) in [5.74, 6) is 0.674. The molecule has 0 saturated heterocycles. The predicted molar refractivity (Wildman–Crippen MR) is 79.1 cm³/mol.